The number of rotatable bonds is 4. The van der Waals surface area contributed by atoms with Crippen molar-refractivity contribution < 1.29 is 5.11 Å². The molecule has 0 fully saturated rings. The molecule has 0 aliphatic heterocycles. The molecule has 0 unspecified atom stereocenters. The fourth-order valence-electron chi connectivity index (χ4n) is 2.93. The Morgan fingerprint density at radius 3 is 2.38 bits per heavy atom. The number of benzene rings is 2. The second kappa shape index (κ2) is 8.20. The normalized spacial score (nSPS) is 11.6. The van der Waals surface area contributed by atoms with E-state index in [-0.39, 0.29) is 32.6 Å². The second-order valence-electron chi connectivity index (χ2n) is 6.13. The second-order valence-corrected chi connectivity index (χ2v) is 7.71. The first kappa shape index (κ1) is 20.0. The van der Waals surface area contributed by atoms with E-state index in [1.165, 1.54) is 6.07 Å². The zero-order valence-corrected chi connectivity index (χ0v) is 17.7. The Bertz CT molecular complexity index is 1250. The SMILES string of the molecule is Oc1c(N=Nc2nc(Cl)c(Cl)cc2Cl)c2ccccc2n1Cc1ccccc1Cl. The van der Waals surface area contributed by atoms with E-state index in [0.717, 1.165) is 16.5 Å². The summed E-state index contributed by atoms with van der Waals surface area (Å²) in [6, 6.07) is 16.3. The zero-order chi connectivity index (χ0) is 20.5. The third-order valence-electron chi connectivity index (χ3n) is 4.32. The molecule has 2 heterocycles. The highest BCUT2D eigenvalue weighted by molar-refractivity contribution is 6.42. The Hall–Kier alpha value is -2.31. The first-order chi connectivity index (χ1) is 14.0. The fourth-order valence-corrected chi connectivity index (χ4v) is 3.66. The lowest BCUT2D eigenvalue weighted by Crippen LogP contribution is -1.99. The highest BCUT2D eigenvalue weighted by atomic mass is 35.5. The third kappa shape index (κ3) is 3.91. The van der Waals surface area contributed by atoms with Crippen LogP contribution in [-0.2, 0) is 6.54 Å². The zero-order valence-electron chi connectivity index (χ0n) is 14.7. The van der Waals surface area contributed by atoms with Gasteiger partial charge in [0.25, 0.3) is 0 Å². The van der Waals surface area contributed by atoms with Crippen LogP contribution in [0.4, 0.5) is 11.5 Å². The summed E-state index contributed by atoms with van der Waals surface area (Å²) in [7, 11) is 0. The van der Waals surface area contributed by atoms with Gasteiger partial charge in [0.2, 0.25) is 5.88 Å². The van der Waals surface area contributed by atoms with Crippen LogP contribution in [0.2, 0.25) is 20.2 Å². The molecule has 2 aromatic heterocycles. The number of para-hydroxylation sites is 1. The molecule has 4 rings (SSSR count). The maximum atomic E-state index is 10.9. The minimum atomic E-state index is -0.0500. The van der Waals surface area contributed by atoms with Crippen LogP contribution in [0.3, 0.4) is 0 Å². The summed E-state index contributed by atoms with van der Waals surface area (Å²) in [5.41, 5.74) is 1.94. The van der Waals surface area contributed by atoms with E-state index in [4.69, 9.17) is 46.4 Å². The number of nitrogens with zero attached hydrogens (tertiary/aromatic N) is 4. The summed E-state index contributed by atoms with van der Waals surface area (Å²) < 4.78 is 1.72. The van der Waals surface area contributed by atoms with Gasteiger partial charge in [-0.1, -0.05) is 82.8 Å². The molecule has 0 radical (unpaired) electrons. The molecule has 0 bridgehead atoms. The van der Waals surface area contributed by atoms with Crippen LogP contribution in [0.15, 0.2) is 64.8 Å². The first-order valence-electron chi connectivity index (χ1n) is 8.42. The third-order valence-corrected chi connectivity index (χ3v) is 5.64. The quantitative estimate of drug-likeness (QED) is 0.246. The molecule has 9 heteroatoms. The monoisotopic (exact) mass is 464 g/mol. The van der Waals surface area contributed by atoms with Gasteiger partial charge in [-0.25, -0.2) is 4.98 Å². The Morgan fingerprint density at radius 1 is 0.862 bits per heavy atom. The van der Waals surface area contributed by atoms with Crippen LogP contribution < -0.4 is 0 Å². The minimum Gasteiger partial charge on any atom is -0.493 e. The van der Waals surface area contributed by atoms with Crippen molar-refractivity contribution in [3.8, 4) is 5.88 Å². The van der Waals surface area contributed by atoms with Crippen molar-refractivity contribution in [2.75, 3.05) is 0 Å². The van der Waals surface area contributed by atoms with Gasteiger partial charge >= 0.3 is 0 Å². The summed E-state index contributed by atoms with van der Waals surface area (Å²) in [5, 5.41) is 20.9. The van der Waals surface area contributed by atoms with Crippen molar-refractivity contribution >= 4 is 68.8 Å². The number of azo groups is 1. The molecule has 0 saturated heterocycles. The van der Waals surface area contributed by atoms with Gasteiger partial charge in [-0.15, -0.1) is 10.2 Å². The van der Waals surface area contributed by atoms with Crippen molar-refractivity contribution in [3.05, 3.63) is 80.4 Å². The number of aromatic nitrogens is 2. The summed E-state index contributed by atoms with van der Waals surface area (Å²) in [6.07, 6.45) is 0. The van der Waals surface area contributed by atoms with Crippen LogP contribution in [0.1, 0.15) is 5.56 Å². The van der Waals surface area contributed by atoms with Crippen molar-refractivity contribution in [1.29, 1.82) is 0 Å². The van der Waals surface area contributed by atoms with Gasteiger partial charge in [-0.3, -0.25) is 0 Å². The molecular weight excluding hydrogens is 454 g/mol. The lowest BCUT2D eigenvalue weighted by Gasteiger charge is -2.08. The van der Waals surface area contributed by atoms with Gasteiger partial charge in [-0.2, -0.15) is 0 Å². The smallest absolute Gasteiger partial charge is 0.221 e. The largest absolute Gasteiger partial charge is 0.493 e. The first-order valence-corrected chi connectivity index (χ1v) is 9.93. The molecule has 0 atom stereocenters. The Balaban J connectivity index is 1.81. The molecule has 1 N–H and O–H groups in total. The Kier molecular flexibility index (Phi) is 5.65. The lowest BCUT2D eigenvalue weighted by atomic mass is 10.2. The maximum Gasteiger partial charge on any atom is 0.221 e. The topological polar surface area (TPSA) is 62.8 Å². The number of fused-ring (bicyclic) bond motifs is 1. The number of halogens is 4. The minimum absolute atomic E-state index is 0.0500. The standard InChI is InChI=1S/C20H12Cl4N4O/c21-13-7-3-1-5-11(13)10-28-16-8-4-2-6-12(16)17(20(28)29)26-27-19-15(23)9-14(22)18(24)25-19/h1-9,29H,10H2. The average Bonchev–Trinajstić information content (AvgIpc) is 2.97. The number of hydrogen-bond donors (Lipinski definition) is 1. The fraction of sp³-hybridized carbons (Fsp3) is 0.0500. The summed E-state index contributed by atoms with van der Waals surface area (Å²) in [4.78, 5) is 4.02. The predicted octanol–water partition coefficient (Wildman–Crippen LogP) is 7.82. The molecule has 5 nitrogen and oxygen atoms in total. The number of aromatic hydroxyl groups is 1. The van der Waals surface area contributed by atoms with E-state index in [9.17, 15) is 5.11 Å². The summed E-state index contributed by atoms with van der Waals surface area (Å²) >= 11 is 24.2. The van der Waals surface area contributed by atoms with Crippen LogP contribution >= 0.6 is 46.4 Å². The van der Waals surface area contributed by atoms with E-state index >= 15 is 0 Å². The molecular formula is C20H12Cl4N4O. The van der Waals surface area contributed by atoms with Crippen LogP contribution in [0, 0.1) is 0 Å². The highest BCUT2D eigenvalue weighted by Crippen LogP contribution is 2.41. The lowest BCUT2D eigenvalue weighted by molar-refractivity contribution is 0.429. The van der Waals surface area contributed by atoms with Crippen LogP contribution in [0.5, 0.6) is 5.88 Å². The maximum absolute atomic E-state index is 10.9. The van der Waals surface area contributed by atoms with E-state index in [2.05, 4.69) is 15.2 Å². The average molecular weight is 466 g/mol. The van der Waals surface area contributed by atoms with E-state index < -0.39 is 0 Å². The Morgan fingerprint density at radius 2 is 1.59 bits per heavy atom. The van der Waals surface area contributed by atoms with E-state index in [0.29, 0.717) is 11.6 Å². The molecule has 146 valence electrons. The van der Waals surface area contributed by atoms with Gasteiger partial charge < -0.3 is 9.67 Å². The highest BCUT2D eigenvalue weighted by Gasteiger charge is 2.18. The van der Waals surface area contributed by atoms with Gasteiger partial charge in [0.1, 0.15) is 5.15 Å². The Labute approximate surface area is 186 Å². The van der Waals surface area contributed by atoms with Gasteiger partial charge in [0, 0.05) is 10.4 Å². The van der Waals surface area contributed by atoms with Gasteiger partial charge in [0.05, 0.1) is 22.1 Å². The molecule has 0 amide bonds. The summed E-state index contributed by atoms with van der Waals surface area (Å²) in [5.74, 6) is 0.0504. The van der Waals surface area contributed by atoms with Crippen LogP contribution in [-0.4, -0.2) is 14.7 Å². The van der Waals surface area contributed by atoms with Crippen molar-refractivity contribution in [2.24, 2.45) is 10.2 Å². The van der Waals surface area contributed by atoms with Gasteiger partial charge in [0.15, 0.2) is 11.5 Å². The molecule has 29 heavy (non-hydrogen) atoms. The molecule has 0 aliphatic rings. The van der Waals surface area contributed by atoms with Crippen molar-refractivity contribution in [3.63, 3.8) is 0 Å². The molecule has 0 aliphatic carbocycles. The number of hydrogen-bond acceptors (Lipinski definition) is 4. The summed E-state index contributed by atoms with van der Waals surface area (Å²) in [6.45, 7) is 0.368. The van der Waals surface area contributed by atoms with Crippen molar-refractivity contribution in [2.45, 2.75) is 6.54 Å². The molecule has 0 saturated carbocycles. The van der Waals surface area contributed by atoms with Crippen molar-refractivity contribution in [1.82, 2.24) is 9.55 Å². The van der Waals surface area contributed by atoms with Gasteiger partial charge in [-0.05, 0) is 23.8 Å². The van der Waals surface area contributed by atoms with E-state index in [1.807, 2.05) is 42.5 Å². The molecule has 2 aromatic carbocycles. The predicted molar refractivity (Wildman–Crippen MR) is 118 cm³/mol. The molecule has 0 spiro atoms. The van der Waals surface area contributed by atoms with Crippen LogP contribution in [0.25, 0.3) is 10.9 Å². The number of pyridine rings is 1. The van der Waals surface area contributed by atoms with E-state index in [1.54, 1.807) is 10.6 Å². The molecule has 4 aromatic rings.